The van der Waals surface area contributed by atoms with Gasteiger partial charge in [-0.2, -0.15) is 0 Å². The monoisotopic (exact) mass is 247 g/mol. The number of hydrogen-bond acceptors (Lipinski definition) is 3. The summed E-state index contributed by atoms with van der Waals surface area (Å²) in [6.07, 6.45) is 0.623. The fraction of sp³-hybridized carbons (Fsp3) is 0.429. The highest BCUT2D eigenvalue weighted by molar-refractivity contribution is 5.73. The number of fused-ring (bicyclic) bond motifs is 1. The average molecular weight is 247 g/mol. The molecular formula is C14H17NO3. The molecule has 0 amide bonds. The van der Waals surface area contributed by atoms with Crippen molar-refractivity contribution in [2.45, 2.75) is 33.6 Å². The molecule has 0 atom stereocenters. The van der Waals surface area contributed by atoms with Gasteiger partial charge in [0, 0.05) is 6.42 Å². The van der Waals surface area contributed by atoms with Crippen LogP contribution in [0.25, 0.3) is 11.1 Å². The van der Waals surface area contributed by atoms with Crippen LogP contribution < -0.4 is 0 Å². The molecule has 2 rings (SSSR count). The van der Waals surface area contributed by atoms with E-state index in [-0.39, 0.29) is 11.8 Å². The summed E-state index contributed by atoms with van der Waals surface area (Å²) < 4.78 is 5.64. The van der Waals surface area contributed by atoms with Gasteiger partial charge in [0.1, 0.15) is 5.52 Å². The van der Waals surface area contributed by atoms with Gasteiger partial charge in [0.2, 0.25) is 0 Å². The van der Waals surface area contributed by atoms with Crippen LogP contribution in [0.5, 0.6) is 0 Å². The first-order valence-corrected chi connectivity index (χ1v) is 5.94. The van der Waals surface area contributed by atoms with E-state index in [2.05, 4.69) is 4.98 Å². The van der Waals surface area contributed by atoms with Gasteiger partial charge in [-0.15, -0.1) is 0 Å². The fourth-order valence-corrected chi connectivity index (χ4v) is 2.04. The van der Waals surface area contributed by atoms with Crippen LogP contribution in [0, 0.1) is 12.3 Å². The number of aliphatic carboxylic acids is 1. The van der Waals surface area contributed by atoms with Gasteiger partial charge in [0.05, 0.1) is 6.42 Å². The maximum Gasteiger partial charge on any atom is 0.303 e. The van der Waals surface area contributed by atoms with Crippen LogP contribution in [0.1, 0.15) is 31.7 Å². The Bertz CT molecular complexity index is 584. The molecule has 4 nitrogen and oxygen atoms in total. The van der Waals surface area contributed by atoms with Crippen molar-refractivity contribution in [3.63, 3.8) is 0 Å². The second-order valence-electron chi connectivity index (χ2n) is 5.49. The van der Waals surface area contributed by atoms with Crippen molar-refractivity contribution >= 4 is 17.1 Å². The van der Waals surface area contributed by atoms with Gasteiger partial charge >= 0.3 is 5.97 Å². The van der Waals surface area contributed by atoms with Gasteiger partial charge in [-0.3, -0.25) is 4.79 Å². The molecule has 96 valence electrons. The fourth-order valence-electron chi connectivity index (χ4n) is 2.04. The van der Waals surface area contributed by atoms with Crippen LogP contribution in [0.2, 0.25) is 0 Å². The lowest BCUT2D eigenvalue weighted by Gasteiger charge is -2.19. The van der Waals surface area contributed by atoms with Crippen LogP contribution in [-0.4, -0.2) is 16.1 Å². The van der Waals surface area contributed by atoms with Crippen molar-refractivity contribution < 1.29 is 14.3 Å². The van der Waals surface area contributed by atoms with Gasteiger partial charge in [0.15, 0.2) is 11.5 Å². The topological polar surface area (TPSA) is 63.3 Å². The Morgan fingerprint density at radius 3 is 2.83 bits per heavy atom. The average Bonchev–Trinajstić information content (AvgIpc) is 2.55. The maximum atomic E-state index is 10.8. The molecule has 0 fully saturated rings. The highest BCUT2D eigenvalue weighted by Gasteiger charge is 2.24. The first-order valence-electron chi connectivity index (χ1n) is 5.94. The molecule has 0 aliphatic heterocycles. The number of carboxylic acid groups (broad SMARTS) is 1. The van der Waals surface area contributed by atoms with Crippen LogP contribution in [-0.2, 0) is 11.2 Å². The Morgan fingerprint density at radius 1 is 1.44 bits per heavy atom. The molecule has 1 heterocycles. The van der Waals surface area contributed by atoms with Crippen molar-refractivity contribution in [3.05, 3.63) is 29.7 Å². The first kappa shape index (κ1) is 12.6. The van der Waals surface area contributed by atoms with Gasteiger partial charge in [0.25, 0.3) is 0 Å². The van der Waals surface area contributed by atoms with E-state index >= 15 is 0 Å². The lowest BCUT2D eigenvalue weighted by atomic mass is 9.86. The summed E-state index contributed by atoms with van der Waals surface area (Å²) in [4.78, 5) is 15.2. The van der Waals surface area contributed by atoms with Crippen LogP contribution >= 0.6 is 0 Å². The Labute approximate surface area is 106 Å². The number of rotatable bonds is 4. The van der Waals surface area contributed by atoms with E-state index in [1.807, 2.05) is 39.0 Å². The summed E-state index contributed by atoms with van der Waals surface area (Å²) in [5.41, 5.74) is 2.35. The third-order valence-electron chi connectivity index (χ3n) is 2.85. The van der Waals surface area contributed by atoms with Crippen molar-refractivity contribution in [2.75, 3.05) is 0 Å². The molecule has 0 aliphatic carbocycles. The second kappa shape index (κ2) is 4.44. The van der Waals surface area contributed by atoms with E-state index in [4.69, 9.17) is 9.52 Å². The Morgan fingerprint density at radius 2 is 2.17 bits per heavy atom. The van der Waals surface area contributed by atoms with Gasteiger partial charge < -0.3 is 9.52 Å². The third kappa shape index (κ3) is 2.88. The molecule has 2 aromatic rings. The number of benzene rings is 1. The second-order valence-corrected chi connectivity index (χ2v) is 5.49. The predicted molar refractivity (Wildman–Crippen MR) is 68.5 cm³/mol. The maximum absolute atomic E-state index is 10.8. The molecule has 0 bridgehead atoms. The molecule has 1 aromatic carbocycles. The molecule has 4 heteroatoms. The molecule has 0 aliphatic rings. The summed E-state index contributed by atoms with van der Waals surface area (Å²) in [7, 11) is 0. The minimum atomic E-state index is -0.799. The summed E-state index contributed by atoms with van der Waals surface area (Å²) >= 11 is 0. The lowest BCUT2D eigenvalue weighted by molar-refractivity contribution is -0.139. The summed E-state index contributed by atoms with van der Waals surface area (Å²) in [6, 6.07) is 5.83. The van der Waals surface area contributed by atoms with Crippen molar-refractivity contribution in [1.82, 2.24) is 4.98 Å². The van der Waals surface area contributed by atoms with E-state index in [1.165, 1.54) is 0 Å². The standard InChI is InChI=1S/C14H17NO3/c1-9-4-5-11-10(6-9)15-12(18-11)7-14(2,3)8-13(16)17/h4-6H,7-8H2,1-3H3,(H,16,17). The SMILES string of the molecule is Cc1ccc2oc(CC(C)(C)CC(=O)O)nc2c1. The lowest BCUT2D eigenvalue weighted by Crippen LogP contribution is -2.19. The van der Waals surface area contributed by atoms with Gasteiger partial charge in [-0.1, -0.05) is 19.9 Å². The van der Waals surface area contributed by atoms with Crippen molar-refractivity contribution in [2.24, 2.45) is 5.41 Å². The summed E-state index contributed by atoms with van der Waals surface area (Å²) in [5.74, 6) is -0.200. The molecule has 0 unspecified atom stereocenters. The van der Waals surface area contributed by atoms with E-state index in [9.17, 15) is 4.79 Å². The summed E-state index contributed by atoms with van der Waals surface area (Å²) in [5, 5.41) is 8.85. The van der Waals surface area contributed by atoms with Crippen LogP contribution in [0.4, 0.5) is 0 Å². The predicted octanol–water partition coefficient (Wildman–Crippen LogP) is 3.18. The number of hydrogen-bond donors (Lipinski definition) is 1. The number of nitrogens with zero attached hydrogens (tertiary/aromatic N) is 1. The number of oxazole rings is 1. The normalized spacial score (nSPS) is 11.9. The molecule has 0 spiro atoms. The minimum absolute atomic E-state index is 0.102. The zero-order valence-corrected chi connectivity index (χ0v) is 10.9. The van der Waals surface area contributed by atoms with E-state index in [1.54, 1.807) is 0 Å². The highest BCUT2D eigenvalue weighted by Crippen LogP contribution is 2.27. The van der Waals surface area contributed by atoms with Crippen molar-refractivity contribution in [1.29, 1.82) is 0 Å². The van der Waals surface area contributed by atoms with Crippen LogP contribution in [0.15, 0.2) is 22.6 Å². The van der Waals surface area contributed by atoms with Gasteiger partial charge in [-0.05, 0) is 30.0 Å². The largest absolute Gasteiger partial charge is 0.481 e. The Hall–Kier alpha value is -1.84. The highest BCUT2D eigenvalue weighted by atomic mass is 16.4. The zero-order valence-electron chi connectivity index (χ0n) is 10.9. The molecule has 0 radical (unpaired) electrons. The number of carbonyl (C=O) groups is 1. The molecule has 0 saturated heterocycles. The van der Waals surface area contributed by atoms with E-state index < -0.39 is 5.97 Å². The first-order chi connectivity index (χ1) is 8.35. The summed E-state index contributed by atoms with van der Waals surface area (Å²) in [6.45, 7) is 5.81. The molecule has 1 N–H and O–H groups in total. The molecule has 18 heavy (non-hydrogen) atoms. The number of aryl methyl sites for hydroxylation is 1. The number of aromatic nitrogens is 1. The van der Waals surface area contributed by atoms with Crippen molar-refractivity contribution in [3.8, 4) is 0 Å². The zero-order chi connectivity index (χ0) is 13.3. The smallest absolute Gasteiger partial charge is 0.303 e. The number of carboxylic acids is 1. The molecule has 0 saturated carbocycles. The molecular weight excluding hydrogens is 230 g/mol. The Balaban J connectivity index is 2.24. The van der Waals surface area contributed by atoms with Crippen LogP contribution in [0.3, 0.4) is 0 Å². The minimum Gasteiger partial charge on any atom is -0.481 e. The Kier molecular flexibility index (Phi) is 3.11. The molecule has 1 aromatic heterocycles. The quantitative estimate of drug-likeness (QED) is 0.901. The van der Waals surface area contributed by atoms with Gasteiger partial charge in [-0.25, -0.2) is 4.98 Å². The van der Waals surface area contributed by atoms with E-state index in [0.29, 0.717) is 12.3 Å². The van der Waals surface area contributed by atoms with E-state index in [0.717, 1.165) is 16.7 Å². The third-order valence-corrected chi connectivity index (χ3v) is 2.85.